The van der Waals surface area contributed by atoms with Gasteiger partial charge in [0.15, 0.2) is 16.8 Å². The molecule has 0 saturated heterocycles. The molecule has 0 aliphatic heterocycles. The fraction of sp³-hybridized carbons (Fsp3) is 0.222. The molecule has 3 heterocycles. The quantitative estimate of drug-likeness (QED) is 0.263. The van der Waals surface area contributed by atoms with E-state index < -0.39 is 0 Å². The third-order valence-electron chi connectivity index (χ3n) is 5.85. The van der Waals surface area contributed by atoms with E-state index in [0.717, 1.165) is 33.5 Å². The van der Waals surface area contributed by atoms with E-state index in [-0.39, 0.29) is 11.2 Å². The molecule has 0 radical (unpaired) electrons. The molecule has 0 bridgehead atoms. The number of nitrogens with one attached hydrogen (secondary N) is 1. The second-order valence-electron chi connectivity index (χ2n) is 8.32. The first-order valence-electron chi connectivity index (χ1n) is 11.9. The number of aromatic nitrogens is 5. The Balaban J connectivity index is 1.51. The second kappa shape index (κ2) is 10.3. The van der Waals surface area contributed by atoms with Crippen molar-refractivity contribution in [3.8, 4) is 22.6 Å². The van der Waals surface area contributed by atoms with Gasteiger partial charge in [-0.3, -0.25) is 4.79 Å². The fourth-order valence-electron chi connectivity index (χ4n) is 4.06. The normalized spacial score (nSPS) is 12.1. The second-order valence-corrected chi connectivity index (χ2v) is 9.49. The van der Waals surface area contributed by atoms with Crippen molar-refractivity contribution in [2.45, 2.75) is 44.1 Å². The maximum Gasteiger partial charge on any atom is 0.239 e. The van der Waals surface area contributed by atoms with Crippen LogP contribution in [0.1, 0.15) is 26.0 Å². The van der Waals surface area contributed by atoms with Crippen molar-refractivity contribution >= 4 is 34.4 Å². The molecular weight excluding hydrogens is 472 g/mol. The van der Waals surface area contributed by atoms with Gasteiger partial charge in [0.1, 0.15) is 5.76 Å². The number of pyridine rings is 1. The third kappa shape index (κ3) is 4.74. The molecule has 5 rings (SSSR count). The number of anilines is 1. The molecule has 36 heavy (non-hydrogen) atoms. The van der Waals surface area contributed by atoms with Crippen LogP contribution in [-0.4, -0.2) is 36.1 Å². The number of nitrogens with zero attached hydrogens (tertiary/aromatic N) is 5. The van der Waals surface area contributed by atoms with Crippen LogP contribution in [0.4, 0.5) is 5.82 Å². The first kappa shape index (κ1) is 23.7. The van der Waals surface area contributed by atoms with Crippen LogP contribution in [0.2, 0.25) is 0 Å². The highest BCUT2D eigenvalue weighted by Crippen LogP contribution is 2.34. The molecule has 5 aromatic rings. The van der Waals surface area contributed by atoms with E-state index in [2.05, 4.69) is 44.3 Å². The van der Waals surface area contributed by atoms with Gasteiger partial charge in [-0.25, -0.2) is 4.98 Å². The van der Waals surface area contributed by atoms with Crippen LogP contribution in [-0.2, 0) is 11.3 Å². The Labute approximate surface area is 213 Å². The minimum atomic E-state index is -0.363. The summed E-state index contributed by atoms with van der Waals surface area (Å²) in [4.78, 5) is 17.8. The van der Waals surface area contributed by atoms with E-state index in [1.807, 2.05) is 55.5 Å². The average Bonchev–Trinajstić information content (AvgIpc) is 3.51. The minimum Gasteiger partial charge on any atom is -0.360 e. The predicted molar refractivity (Wildman–Crippen MR) is 142 cm³/mol. The van der Waals surface area contributed by atoms with E-state index in [1.165, 1.54) is 11.8 Å². The molecule has 2 aromatic carbocycles. The fourth-order valence-corrected chi connectivity index (χ4v) is 5.08. The standard InChI is InChI=1S/C27H26N6O2S/c1-4-23(26(34)29-24-15-17(3)35-32-24)36-27-31-30-25(33(27)5-2)20-16-22(18-11-7-6-8-12-18)28-21-14-10-9-13-19(20)21/h6-16,23H,4-5H2,1-3H3,(H,29,32,34). The third-order valence-corrected chi connectivity index (χ3v) is 7.19. The van der Waals surface area contributed by atoms with Crippen LogP contribution in [0.3, 0.4) is 0 Å². The van der Waals surface area contributed by atoms with Crippen LogP contribution in [0.5, 0.6) is 0 Å². The van der Waals surface area contributed by atoms with Crippen molar-refractivity contribution in [1.29, 1.82) is 0 Å². The van der Waals surface area contributed by atoms with Crippen molar-refractivity contribution < 1.29 is 9.32 Å². The Morgan fingerprint density at radius 3 is 2.56 bits per heavy atom. The highest BCUT2D eigenvalue weighted by Gasteiger charge is 2.24. The van der Waals surface area contributed by atoms with Gasteiger partial charge < -0.3 is 14.4 Å². The summed E-state index contributed by atoms with van der Waals surface area (Å²) in [6.07, 6.45) is 0.621. The molecule has 1 unspecified atom stereocenters. The van der Waals surface area contributed by atoms with E-state index in [9.17, 15) is 4.79 Å². The molecular formula is C27H26N6O2S. The zero-order chi connectivity index (χ0) is 25.1. The number of thioether (sulfide) groups is 1. The summed E-state index contributed by atoms with van der Waals surface area (Å²) in [5.41, 5.74) is 3.75. The molecule has 1 N–H and O–H groups in total. The predicted octanol–water partition coefficient (Wildman–Crippen LogP) is 5.99. The number of aryl methyl sites for hydroxylation is 1. The van der Waals surface area contributed by atoms with Crippen LogP contribution in [0.25, 0.3) is 33.5 Å². The van der Waals surface area contributed by atoms with Gasteiger partial charge in [-0.05, 0) is 32.4 Å². The molecule has 0 aliphatic rings. The summed E-state index contributed by atoms with van der Waals surface area (Å²) in [6.45, 7) is 6.47. The number of fused-ring (bicyclic) bond motifs is 1. The summed E-state index contributed by atoms with van der Waals surface area (Å²) in [6, 6.07) is 21.9. The lowest BCUT2D eigenvalue weighted by molar-refractivity contribution is -0.115. The molecule has 3 aromatic heterocycles. The lowest BCUT2D eigenvalue weighted by Gasteiger charge is -2.15. The lowest BCUT2D eigenvalue weighted by Crippen LogP contribution is -2.25. The van der Waals surface area contributed by atoms with Gasteiger partial charge >= 0.3 is 0 Å². The van der Waals surface area contributed by atoms with Crippen molar-refractivity contribution in [3.05, 3.63) is 72.5 Å². The number of carbonyl (C=O) groups is 1. The van der Waals surface area contributed by atoms with Crippen molar-refractivity contribution in [1.82, 2.24) is 24.9 Å². The first-order chi connectivity index (χ1) is 17.6. The number of benzene rings is 2. The number of amides is 1. The Kier molecular flexibility index (Phi) is 6.81. The van der Waals surface area contributed by atoms with Gasteiger partial charge in [0, 0.05) is 29.1 Å². The zero-order valence-electron chi connectivity index (χ0n) is 20.3. The van der Waals surface area contributed by atoms with Gasteiger partial charge in [0.25, 0.3) is 0 Å². The average molecular weight is 499 g/mol. The molecule has 8 nitrogen and oxygen atoms in total. The summed E-state index contributed by atoms with van der Waals surface area (Å²) in [7, 11) is 0. The van der Waals surface area contributed by atoms with E-state index >= 15 is 0 Å². The van der Waals surface area contributed by atoms with Crippen LogP contribution in [0.15, 0.2) is 76.4 Å². The Morgan fingerprint density at radius 2 is 1.83 bits per heavy atom. The van der Waals surface area contributed by atoms with Crippen molar-refractivity contribution in [2.75, 3.05) is 5.32 Å². The topological polar surface area (TPSA) is 98.7 Å². The lowest BCUT2D eigenvalue weighted by atomic mass is 10.0. The molecule has 1 atom stereocenters. The van der Waals surface area contributed by atoms with E-state index in [1.54, 1.807) is 13.0 Å². The molecule has 9 heteroatoms. The number of hydrogen-bond donors (Lipinski definition) is 1. The molecule has 0 spiro atoms. The van der Waals surface area contributed by atoms with E-state index in [0.29, 0.717) is 29.7 Å². The van der Waals surface area contributed by atoms with Crippen LogP contribution < -0.4 is 5.32 Å². The number of rotatable bonds is 8. The summed E-state index contributed by atoms with van der Waals surface area (Å²) < 4.78 is 7.11. The molecule has 0 aliphatic carbocycles. The van der Waals surface area contributed by atoms with Gasteiger partial charge in [-0.15, -0.1) is 10.2 Å². The zero-order valence-corrected chi connectivity index (χ0v) is 21.1. The maximum absolute atomic E-state index is 12.9. The summed E-state index contributed by atoms with van der Waals surface area (Å²) in [5, 5.41) is 17.1. The first-order valence-corrected chi connectivity index (χ1v) is 12.7. The number of hydrogen-bond acceptors (Lipinski definition) is 7. The Bertz CT molecular complexity index is 1510. The largest absolute Gasteiger partial charge is 0.360 e. The maximum atomic E-state index is 12.9. The van der Waals surface area contributed by atoms with Crippen LogP contribution >= 0.6 is 11.8 Å². The number of carbonyl (C=O) groups excluding carboxylic acids is 1. The monoisotopic (exact) mass is 498 g/mol. The van der Waals surface area contributed by atoms with Gasteiger partial charge in [0.05, 0.1) is 16.5 Å². The molecule has 0 fully saturated rings. The van der Waals surface area contributed by atoms with Gasteiger partial charge in [-0.1, -0.05) is 72.4 Å². The summed E-state index contributed by atoms with van der Waals surface area (Å²) in [5.74, 6) is 1.65. The highest BCUT2D eigenvalue weighted by molar-refractivity contribution is 8.00. The highest BCUT2D eigenvalue weighted by atomic mass is 32.2. The van der Waals surface area contributed by atoms with Crippen LogP contribution in [0, 0.1) is 6.92 Å². The SMILES string of the molecule is CCC(Sc1nnc(-c2cc(-c3ccccc3)nc3ccccc23)n1CC)C(=O)Nc1cc(C)on1. The van der Waals surface area contributed by atoms with E-state index in [4.69, 9.17) is 9.51 Å². The minimum absolute atomic E-state index is 0.149. The Hall–Kier alpha value is -3.98. The Morgan fingerprint density at radius 1 is 1.06 bits per heavy atom. The summed E-state index contributed by atoms with van der Waals surface area (Å²) >= 11 is 1.40. The van der Waals surface area contributed by atoms with Crippen molar-refractivity contribution in [2.24, 2.45) is 0 Å². The number of para-hydroxylation sites is 1. The smallest absolute Gasteiger partial charge is 0.239 e. The van der Waals surface area contributed by atoms with Crippen molar-refractivity contribution in [3.63, 3.8) is 0 Å². The molecule has 1 amide bonds. The van der Waals surface area contributed by atoms with Gasteiger partial charge in [0.2, 0.25) is 5.91 Å². The molecule has 182 valence electrons. The molecule has 0 saturated carbocycles. The van der Waals surface area contributed by atoms with Gasteiger partial charge in [-0.2, -0.15) is 0 Å².